The SMILES string of the molecule is O=C(CC1CCC(c2cc[nH]c3cnc4nccc4c23)CC1)N1CCCC(COc2ccc(Cl)cc2)C1. The smallest absolute Gasteiger partial charge is 0.222 e. The minimum absolute atomic E-state index is 0.315. The number of H-pyrrole nitrogens is 1. The summed E-state index contributed by atoms with van der Waals surface area (Å²) < 4.78 is 5.98. The van der Waals surface area contributed by atoms with E-state index in [9.17, 15) is 4.79 Å². The number of fused-ring (bicyclic) bond motifs is 3. The minimum atomic E-state index is 0.315. The van der Waals surface area contributed by atoms with Crippen LogP contribution < -0.4 is 4.74 Å². The molecule has 1 aliphatic heterocycles. The monoisotopic (exact) mass is 516 g/mol. The van der Waals surface area contributed by atoms with Crippen LogP contribution >= 0.6 is 11.6 Å². The second-order valence-corrected chi connectivity index (χ2v) is 11.1. The van der Waals surface area contributed by atoms with E-state index in [0.29, 0.717) is 41.7 Å². The van der Waals surface area contributed by atoms with Gasteiger partial charge in [-0.2, -0.15) is 0 Å². The standard InChI is InChI=1S/C30H33ClN4O2/c31-23-7-9-24(10-8-23)37-19-21-2-1-15-35(18-21)28(36)16-20-3-5-22(6-4-20)25-11-13-32-27-17-34-30-26(29(25)27)12-14-33-30/h7-14,17,20-22,32H,1-6,15-16,18-19H2. The van der Waals surface area contributed by atoms with Crippen molar-refractivity contribution in [2.45, 2.75) is 50.9 Å². The fraction of sp³-hybridized carbons (Fsp3) is 0.433. The molecule has 192 valence electrons. The molecule has 4 heterocycles. The molecule has 1 saturated carbocycles. The van der Waals surface area contributed by atoms with Gasteiger partial charge in [-0.05, 0) is 92.3 Å². The molecule has 0 radical (unpaired) electrons. The fourth-order valence-corrected chi connectivity index (χ4v) is 6.38. The van der Waals surface area contributed by atoms with E-state index in [1.54, 1.807) is 0 Å². The Labute approximate surface area is 222 Å². The molecule has 4 aromatic rings. The second kappa shape index (κ2) is 10.7. The van der Waals surface area contributed by atoms with Gasteiger partial charge in [0.05, 0.1) is 18.3 Å². The Balaban J connectivity index is 1.03. The molecular weight excluding hydrogens is 484 g/mol. The molecule has 3 aromatic heterocycles. The summed E-state index contributed by atoms with van der Waals surface area (Å²) >= 11 is 5.97. The zero-order valence-electron chi connectivity index (χ0n) is 21.0. The van der Waals surface area contributed by atoms with Crippen molar-refractivity contribution < 1.29 is 9.53 Å². The number of rotatable bonds is 6. The first-order valence-corrected chi connectivity index (χ1v) is 13.9. The van der Waals surface area contributed by atoms with Crippen molar-refractivity contribution in [3.05, 3.63) is 65.6 Å². The largest absolute Gasteiger partial charge is 0.493 e. The molecule has 2 fully saturated rings. The topological polar surface area (TPSA) is 71.1 Å². The van der Waals surface area contributed by atoms with E-state index in [1.807, 2.05) is 42.9 Å². The van der Waals surface area contributed by atoms with Crippen molar-refractivity contribution >= 4 is 39.4 Å². The van der Waals surface area contributed by atoms with Crippen LogP contribution in [0.1, 0.15) is 56.4 Å². The molecule has 1 aliphatic carbocycles. The summed E-state index contributed by atoms with van der Waals surface area (Å²) in [6.45, 7) is 2.31. The number of ether oxygens (including phenoxy) is 1. The van der Waals surface area contributed by atoms with E-state index < -0.39 is 0 Å². The molecule has 37 heavy (non-hydrogen) atoms. The molecule has 1 atom stereocenters. The zero-order valence-corrected chi connectivity index (χ0v) is 21.8. The van der Waals surface area contributed by atoms with Crippen molar-refractivity contribution in [2.24, 2.45) is 11.8 Å². The van der Waals surface area contributed by atoms with Gasteiger partial charge < -0.3 is 14.6 Å². The average Bonchev–Trinajstić information content (AvgIpc) is 3.42. The molecule has 1 unspecified atom stereocenters. The summed E-state index contributed by atoms with van der Waals surface area (Å²) in [7, 11) is 0. The van der Waals surface area contributed by atoms with Crippen LogP contribution in [0.15, 0.2) is 55.0 Å². The van der Waals surface area contributed by atoms with Crippen LogP contribution in [0, 0.1) is 11.8 Å². The first-order valence-electron chi connectivity index (χ1n) is 13.5. The maximum atomic E-state index is 13.2. The Morgan fingerprint density at radius 2 is 1.86 bits per heavy atom. The van der Waals surface area contributed by atoms with E-state index in [4.69, 9.17) is 16.3 Å². The lowest BCUT2D eigenvalue weighted by atomic mass is 9.76. The summed E-state index contributed by atoms with van der Waals surface area (Å²) in [6, 6.07) is 11.8. The molecule has 1 N–H and O–H groups in total. The number of carbonyl (C=O) groups excluding carboxylic acids is 1. The van der Waals surface area contributed by atoms with E-state index in [1.165, 1.54) is 10.9 Å². The molecular formula is C30H33ClN4O2. The minimum Gasteiger partial charge on any atom is -0.493 e. The van der Waals surface area contributed by atoms with Gasteiger partial charge in [0, 0.05) is 53.6 Å². The summed E-state index contributed by atoms with van der Waals surface area (Å²) in [4.78, 5) is 27.5. The molecule has 7 heteroatoms. The lowest BCUT2D eigenvalue weighted by molar-refractivity contribution is -0.134. The fourth-order valence-electron chi connectivity index (χ4n) is 6.25. The highest BCUT2D eigenvalue weighted by molar-refractivity contribution is 6.30. The average molecular weight is 517 g/mol. The van der Waals surface area contributed by atoms with Gasteiger partial charge in [-0.3, -0.25) is 4.79 Å². The highest BCUT2D eigenvalue weighted by atomic mass is 35.5. The normalized spacial score (nSPS) is 22.4. The highest BCUT2D eigenvalue weighted by Crippen LogP contribution is 2.41. The van der Waals surface area contributed by atoms with Crippen LogP contribution in [0.3, 0.4) is 0 Å². The molecule has 1 saturated heterocycles. The number of amides is 1. The molecule has 1 amide bonds. The second-order valence-electron chi connectivity index (χ2n) is 10.7. The lowest BCUT2D eigenvalue weighted by Crippen LogP contribution is -2.42. The maximum Gasteiger partial charge on any atom is 0.222 e. The van der Waals surface area contributed by atoms with Crippen molar-refractivity contribution in [1.82, 2.24) is 19.9 Å². The number of aromatic nitrogens is 3. The Morgan fingerprint density at radius 1 is 1.03 bits per heavy atom. The van der Waals surface area contributed by atoms with Gasteiger partial charge in [-0.1, -0.05) is 11.6 Å². The van der Waals surface area contributed by atoms with E-state index in [2.05, 4.69) is 32.0 Å². The molecule has 6 nitrogen and oxygen atoms in total. The number of pyridine rings is 2. The van der Waals surface area contributed by atoms with E-state index in [0.717, 1.165) is 73.9 Å². The van der Waals surface area contributed by atoms with Gasteiger partial charge in [0.15, 0.2) is 5.65 Å². The van der Waals surface area contributed by atoms with Crippen LogP contribution in [0.5, 0.6) is 5.75 Å². The van der Waals surface area contributed by atoms with Crippen LogP contribution in [-0.2, 0) is 4.79 Å². The number of halogens is 1. The third kappa shape index (κ3) is 5.30. The Morgan fingerprint density at radius 3 is 2.70 bits per heavy atom. The van der Waals surface area contributed by atoms with Crippen LogP contribution in [0.25, 0.3) is 21.9 Å². The number of carbonyl (C=O) groups is 1. The lowest BCUT2D eigenvalue weighted by Gasteiger charge is -2.35. The highest BCUT2D eigenvalue weighted by Gasteiger charge is 2.29. The summed E-state index contributed by atoms with van der Waals surface area (Å²) in [5.74, 6) is 2.51. The third-order valence-corrected chi connectivity index (χ3v) is 8.50. The number of nitrogens with one attached hydrogen (secondary N) is 1. The predicted octanol–water partition coefficient (Wildman–Crippen LogP) is 6.75. The third-order valence-electron chi connectivity index (χ3n) is 8.24. The van der Waals surface area contributed by atoms with Crippen molar-refractivity contribution in [2.75, 3.05) is 19.7 Å². The molecule has 6 rings (SSSR count). The van der Waals surface area contributed by atoms with Gasteiger partial charge in [0.25, 0.3) is 0 Å². The van der Waals surface area contributed by atoms with Crippen molar-refractivity contribution in [3.8, 4) is 5.75 Å². The Hall–Kier alpha value is -3.12. The molecule has 2 aliphatic rings. The number of benzene rings is 1. The van der Waals surface area contributed by atoms with Gasteiger partial charge in [0.2, 0.25) is 5.91 Å². The number of hydrogen-bond acceptors (Lipinski definition) is 4. The number of hydrogen-bond donors (Lipinski definition) is 1. The van der Waals surface area contributed by atoms with E-state index in [-0.39, 0.29) is 0 Å². The molecule has 0 bridgehead atoms. The summed E-state index contributed by atoms with van der Waals surface area (Å²) in [5, 5.41) is 3.09. The summed E-state index contributed by atoms with van der Waals surface area (Å²) in [5.41, 5.74) is 3.26. The Kier molecular flexibility index (Phi) is 7.01. The molecule has 0 spiro atoms. The van der Waals surface area contributed by atoms with Gasteiger partial charge in [-0.25, -0.2) is 9.97 Å². The quantitative estimate of drug-likeness (QED) is 0.308. The van der Waals surface area contributed by atoms with Crippen LogP contribution in [0.2, 0.25) is 5.02 Å². The number of piperidine rings is 1. The zero-order chi connectivity index (χ0) is 25.2. The van der Waals surface area contributed by atoms with Crippen LogP contribution in [-0.4, -0.2) is 45.5 Å². The van der Waals surface area contributed by atoms with Gasteiger partial charge in [0.1, 0.15) is 5.75 Å². The maximum absolute atomic E-state index is 13.2. The van der Waals surface area contributed by atoms with Crippen molar-refractivity contribution in [3.63, 3.8) is 0 Å². The number of nitrogens with zero attached hydrogens (tertiary/aromatic N) is 3. The number of likely N-dealkylation sites (tertiary alicyclic amines) is 1. The first kappa shape index (κ1) is 24.2. The predicted molar refractivity (Wildman–Crippen MR) is 147 cm³/mol. The van der Waals surface area contributed by atoms with E-state index >= 15 is 0 Å². The Bertz CT molecular complexity index is 1380. The summed E-state index contributed by atoms with van der Waals surface area (Å²) in [6.07, 6.45) is 13.0. The van der Waals surface area contributed by atoms with Gasteiger partial charge in [-0.15, -0.1) is 0 Å². The van der Waals surface area contributed by atoms with Crippen molar-refractivity contribution in [1.29, 1.82) is 0 Å². The first-order chi connectivity index (χ1) is 18.1. The number of aromatic amines is 1. The van der Waals surface area contributed by atoms with Gasteiger partial charge >= 0.3 is 0 Å². The molecule has 1 aromatic carbocycles. The van der Waals surface area contributed by atoms with Crippen LogP contribution in [0.4, 0.5) is 0 Å².